The number of carbonyl (C=O) groups excluding carboxylic acids is 2. The second kappa shape index (κ2) is 34.8. The molecular formula is C40H79O7P. The third kappa shape index (κ3) is 27.2. The van der Waals surface area contributed by atoms with E-state index in [0.717, 1.165) is 38.5 Å². The fraction of sp³-hybridized carbons (Fsp3) is 0.950. The van der Waals surface area contributed by atoms with Crippen LogP contribution in [0.1, 0.15) is 219 Å². The molecular weight excluding hydrogens is 623 g/mol. The van der Waals surface area contributed by atoms with Crippen molar-refractivity contribution in [3.63, 3.8) is 0 Å². The number of aliphatic hydroxyl groups is 3. The Balaban J connectivity index is 4.46. The van der Waals surface area contributed by atoms with Crippen molar-refractivity contribution in [1.82, 2.24) is 0 Å². The van der Waals surface area contributed by atoms with Gasteiger partial charge in [0.2, 0.25) is 5.52 Å². The van der Waals surface area contributed by atoms with Gasteiger partial charge in [-0.2, -0.15) is 0 Å². The Morgan fingerprint density at radius 3 is 1.29 bits per heavy atom. The zero-order chi connectivity index (χ0) is 35.6. The number of ketones is 1. The highest BCUT2D eigenvalue weighted by Gasteiger charge is 2.42. The van der Waals surface area contributed by atoms with Gasteiger partial charge < -0.3 is 19.8 Å². The van der Waals surface area contributed by atoms with Gasteiger partial charge in [0.05, 0.1) is 12.7 Å². The lowest BCUT2D eigenvalue weighted by Gasteiger charge is -2.26. The second-order valence-corrected chi connectivity index (χ2v) is 16.8. The molecule has 0 fully saturated rings. The minimum absolute atomic E-state index is 0.0527. The quantitative estimate of drug-likeness (QED) is 0.0430. The molecule has 0 saturated heterocycles. The minimum atomic E-state index is -4.19. The van der Waals surface area contributed by atoms with Gasteiger partial charge >= 0.3 is 0 Å². The van der Waals surface area contributed by atoms with Crippen LogP contribution in [0.5, 0.6) is 0 Å². The Morgan fingerprint density at radius 2 is 0.917 bits per heavy atom. The highest BCUT2D eigenvalue weighted by molar-refractivity contribution is 7.76. The Labute approximate surface area is 296 Å². The highest BCUT2D eigenvalue weighted by atomic mass is 31.2. The van der Waals surface area contributed by atoms with Crippen LogP contribution in [0.3, 0.4) is 0 Å². The number of rotatable bonds is 39. The second-order valence-electron chi connectivity index (χ2n) is 14.3. The van der Waals surface area contributed by atoms with Crippen molar-refractivity contribution >= 4 is 18.7 Å². The first kappa shape index (κ1) is 47.4. The number of hydrogen-bond donors (Lipinski definition) is 3. The van der Waals surface area contributed by atoms with Crippen molar-refractivity contribution in [2.75, 3.05) is 13.2 Å². The van der Waals surface area contributed by atoms with Gasteiger partial charge in [0, 0.05) is 25.9 Å². The summed E-state index contributed by atoms with van der Waals surface area (Å²) in [5.74, 6) is -1.58. The first-order valence-corrected chi connectivity index (χ1v) is 22.3. The van der Waals surface area contributed by atoms with Crippen molar-refractivity contribution in [3.8, 4) is 0 Å². The fourth-order valence-corrected chi connectivity index (χ4v) is 8.57. The summed E-state index contributed by atoms with van der Waals surface area (Å²) < 4.78 is 19.6. The Bertz CT molecular complexity index is 775. The van der Waals surface area contributed by atoms with Crippen LogP contribution in [0.2, 0.25) is 0 Å². The fourth-order valence-electron chi connectivity index (χ4n) is 6.41. The molecule has 8 heteroatoms. The van der Waals surface area contributed by atoms with E-state index in [9.17, 15) is 24.4 Å². The van der Waals surface area contributed by atoms with E-state index in [1.807, 2.05) is 0 Å². The summed E-state index contributed by atoms with van der Waals surface area (Å²) in [4.78, 5) is 25.9. The molecule has 3 atom stereocenters. The van der Waals surface area contributed by atoms with E-state index in [1.54, 1.807) is 0 Å². The molecule has 0 aliphatic carbocycles. The summed E-state index contributed by atoms with van der Waals surface area (Å²) in [5, 5.41) is 29.9. The van der Waals surface area contributed by atoms with Crippen LogP contribution >= 0.6 is 7.37 Å². The number of carbonyl (C=O) groups is 2. The maximum Gasteiger partial charge on any atom is 0.294 e. The van der Waals surface area contributed by atoms with Gasteiger partial charge in [0.15, 0.2) is 0 Å². The maximum absolute atomic E-state index is 13.9. The van der Waals surface area contributed by atoms with E-state index in [0.29, 0.717) is 25.7 Å². The van der Waals surface area contributed by atoms with Crippen molar-refractivity contribution in [1.29, 1.82) is 0 Å². The lowest BCUT2D eigenvalue weighted by atomic mass is 10.0. The maximum atomic E-state index is 13.9. The summed E-state index contributed by atoms with van der Waals surface area (Å²) in [6, 6.07) is 0. The molecule has 0 amide bonds. The lowest BCUT2D eigenvalue weighted by molar-refractivity contribution is -0.122. The largest absolute Gasteiger partial charge is 0.396 e. The number of Topliss-reactive ketones (excluding diaryl/α,β-unsaturated/α-hetero) is 1. The van der Waals surface area contributed by atoms with E-state index in [1.165, 1.54) is 122 Å². The monoisotopic (exact) mass is 703 g/mol. The molecule has 0 aromatic rings. The molecule has 286 valence electrons. The van der Waals surface area contributed by atoms with Gasteiger partial charge in [-0.15, -0.1) is 0 Å². The Hall–Kier alpha value is -0.590. The summed E-state index contributed by atoms with van der Waals surface area (Å²) in [7, 11) is -4.19. The van der Waals surface area contributed by atoms with Crippen LogP contribution in [-0.2, 0) is 18.7 Å². The van der Waals surface area contributed by atoms with Crippen molar-refractivity contribution < 1.29 is 34.0 Å². The van der Waals surface area contributed by atoms with E-state index in [2.05, 4.69) is 13.8 Å². The number of unbranched alkanes of at least 4 members (excludes halogenated alkanes) is 25. The zero-order valence-corrected chi connectivity index (χ0v) is 32.5. The van der Waals surface area contributed by atoms with E-state index in [-0.39, 0.29) is 31.7 Å². The predicted octanol–water partition coefficient (Wildman–Crippen LogP) is 11.6. The van der Waals surface area contributed by atoms with Crippen LogP contribution in [0.25, 0.3) is 0 Å². The SMILES string of the molecule is CCCCCCCCCCCCCCCC(=O)CC(CO)OP(=O)(C(=O)CCCCCCCCCCCCCCC)C(O)CCCCO. The van der Waals surface area contributed by atoms with Gasteiger partial charge in [-0.05, 0) is 32.1 Å². The smallest absolute Gasteiger partial charge is 0.294 e. The molecule has 0 heterocycles. The molecule has 0 bridgehead atoms. The van der Waals surface area contributed by atoms with E-state index < -0.39 is 31.4 Å². The third-order valence-corrected chi connectivity index (χ3v) is 12.2. The average Bonchev–Trinajstić information content (AvgIpc) is 3.08. The molecule has 3 N–H and O–H groups in total. The van der Waals surface area contributed by atoms with Crippen LogP contribution in [0.4, 0.5) is 0 Å². The summed E-state index contributed by atoms with van der Waals surface area (Å²) in [6.07, 6.45) is 31.3. The van der Waals surface area contributed by atoms with Crippen LogP contribution < -0.4 is 0 Å². The molecule has 0 aromatic carbocycles. The molecule has 0 rings (SSSR count). The van der Waals surface area contributed by atoms with Crippen LogP contribution in [-0.4, -0.2) is 51.8 Å². The van der Waals surface area contributed by atoms with E-state index in [4.69, 9.17) is 9.63 Å². The molecule has 0 aromatic heterocycles. The lowest BCUT2D eigenvalue weighted by Crippen LogP contribution is -2.26. The molecule has 0 aliphatic rings. The molecule has 0 spiro atoms. The van der Waals surface area contributed by atoms with Gasteiger partial charge in [-0.3, -0.25) is 14.2 Å². The molecule has 0 saturated carbocycles. The van der Waals surface area contributed by atoms with Gasteiger partial charge in [0.1, 0.15) is 11.6 Å². The Morgan fingerprint density at radius 1 is 0.542 bits per heavy atom. The molecule has 7 nitrogen and oxygen atoms in total. The molecule has 48 heavy (non-hydrogen) atoms. The van der Waals surface area contributed by atoms with Crippen molar-refractivity contribution in [3.05, 3.63) is 0 Å². The molecule has 0 aliphatic heterocycles. The van der Waals surface area contributed by atoms with E-state index >= 15 is 0 Å². The topological polar surface area (TPSA) is 121 Å². The number of hydrogen-bond acceptors (Lipinski definition) is 7. The summed E-state index contributed by atoms with van der Waals surface area (Å²) >= 11 is 0. The first-order valence-electron chi connectivity index (χ1n) is 20.6. The molecule has 3 unspecified atom stereocenters. The predicted molar refractivity (Wildman–Crippen MR) is 202 cm³/mol. The molecule has 0 radical (unpaired) electrons. The van der Waals surface area contributed by atoms with Gasteiger partial charge in [-0.25, -0.2) is 0 Å². The van der Waals surface area contributed by atoms with Gasteiger partial charge in [0.25, 0.3) is 7.37 Å². The summed E-state index contributed by atoms with van der Waals surface area (Å²) in [6.45, 7) is 3.89. The van der Waals surface area contributed by atoms with Crippen molar-refractivity contribution in [2.24, 2.45) is 0 Å². The summed E-state index contributed by atoms with van der Waals surface area (Å²) in [5.41, 5.74) is -0.607. The first-order chi connectivity index (χ1) is 23.3. The third-order valence-electron chi connectivity index (χ3n) is 9.63. The van der Waals surface area contributed by atoms with Gasteiger partial charge in [-0.1, -0.05) is 168 Å². The standard InChI is InChI=1S/C40H79O7P/c1-3-5-7-9-11-13-15-17-19-21-23-25-27-31-37(43)35-38(36-42)47-48(46,40(45)33-29-30-34-41)39(44)32-28-26-24-22-20-18-16-14-12-10-8-6-4-2/h38,40-42,45H,3-36H2,1-2H3. The van der Waals surface area contributed by atoms with Crippen LogP contribution in [0.15, 0.2) is 0 Å². The minimum Gasteiger partial charge on any atom is -0.396 e. The number of aliphatic hydroxyl groups excluding tert-OH is 3. The highest BCUT2D eigenvalue weighted by Crippen LogP contribution is 2.55. The van der Waals surface area contributed by atoms with Crippen molar-refractivity contribution in [2.45, 2.75) is 231 Å². The Kier molecular flexibility index (Phi) is 34.4. The average molecular weight is 703 g/mol. The zero-order valence-electron chi connectivity index (χ0n) is 31.6. The van der Waals surface area contributed by atoms with Crippen LogP contribution in [0, 0.1) is 0 Å². The normalized spacial score (nSPS) is 14.2.